The molecule has 0 saturated heterocycles. The van der Waals surface area contributed by atoms with Crippen molar-refractivity contribution in [2.24, 2.45) is 11.8 Å². The van der Waals surface area contributed by atoms with Gasteiger partial charge >= 0.3 is 0 Å². The van der Waals surface area contributed by atoms with Crippen LogP contribution in [0.4, 0.5) is 0 Å². The normalized spacial score (nSPS) is 23.7. The molecule has 1 fully saturated rings. The Morgan fingerprint density at radius 2 is 1.95 bits per heavy atom. The quantitative estimate of drug-likeness (QED) is 0.788. The molecule has 0 bridgehead atoms. The van der Waals surface area contributed by atoms with Crippen molar-refractivity contribution >= 4 is 16.7 Å². The Balaban J connectivity index is 1.89. The number of carbonyl (C=O) groups excluding carboxylic acids is 1. The van der Waals surface area contributed by atoms with Crippen molar-refractivity contribution in [1.29, 1.82) is 0 Å². The maximum Gasteiger partial charge on any atom is 0.168 e. The van der Waals surface area contributed by atoms with Crippen LogP contribution in [0.15, 0.2) is 24.4 Å². The van der Waals surface area contributed by atoms with Crippen LogP contribution in [0.3, 0.4) is 0 Å². The number of hydrogen-bond donors (Lipinski definition) is 1. The monoisotopic (exact) mass is 255 g/mol. The molecule has 2 heteroatoms. The number of hydrogen-bond acceptors (Lipinski definition) is 1. The molecule has 1 aliphatic rings. The number of H-pyrrole nitrogens is 1. The van der Waals surface area contributed by atoms with Crippen LogP contribution in [0.5, 0.6) is 0 Å². The first kappa shape index (κ1) is 12.5. The molecule has 2 nitrogen and oxygen atoms in total. The minimum absolute atomic E-state index is 0.233. The molecule has 0 spiro atoms. The molecule has 1 aliphatic carbocycles. The van der Waals surface area contributed by atoms with E-state index in [0.29, 0.717) is 5.78 Å². The maximum atomic E-state index is 12.6. The zero-order valence-electron chi connectivity index (χ0n) is 11.7. The van der Waals surface area contributed by atoms with Gasteiger partial charge in [0.15, 0.2) is 5.78 Å². The number of benzene rings is 1. The highest BCUT2D eigenvalue weighted by Gasteiger charge is 2.26. The molecule has 1 heterocycles. The number of aromatic nitrogens is 1. The largest absolute Gasteiger partial charge is 0.360 e. The first-order valence-electron chi connectivity index (χ1n) is 7.27. The molecule has 100 valence electrons. The predicted molar refractivity (Wildman–Crippen MR) is 78.5 cm³/mol. The van der Waals surface area contributed by atoms with E-state index >= 15 is 0 Å². The molecule has 0 atom stereocenters. The molecule has 0 unspecified atom stereocenters. The summed E-state index contributed by atoms with van der Waals surface area (Å²) in [5, 5.41) is 1.08. The van der Waals surface area contributed by atoms with E-state index in [1.807, 2.05) is 6.20 Å². The first-order valence-corrected chi connectivity index (χ1v) is 7.27. The van der Waals surface area contributed by atoms with Gasteiger partial charge in [0.2, 0.25) is 0 Å². The van der Waals surface area contributed by atoms with E-state index in [1.54, 1.807) is 0 Å². The fourth-order valence-corrected chi connectivity index (χ4v) is 3.19. The van der Waals surface area contributed by atoms with Gasteiger partial charge in [-0.2, -0.15) is 0 Å². The van der Waals surface area contributed by atoms with Crippen LogP contribution in [0.2, 0.25) is 0 Å². The van der Waals surface area contributed by atoms with Crippen LogP contribution < -0.4 is 0 Å². The molecular weight excluding hydrogens is 234 g/mol. The zero-order chi connectivity index (χ0) is 13.4. The summed E-state index contributed by atoms with van der Waals surface area (Å²) in [6.45, 7) is 4.36. The summed E-state index contributed by atoms with van der Waals surface area (Å²) in [6.07, 6.45) is 6.39. The highest BCUT2D eigenvalue weighted by molar-refractivity contribution is 6.09. The van der Waals surface area contributed by atoms with Gasteiger partial charge in [-0.25, -0.2) is 0 Å². The minimum Gasteiger partial charge on any atom is -0.360 e. The maximum absolute atomic E-state index is 12.6. The third-order valence-electron chi connectivity index (χ3n) is 4.49. The number of Topliss-reactive ketones (excluding diaryl/α,β-unsaturated/α-hetero) is 1. The third-order valence-corrected chi connectivity index (χ3v) is 4.49. The van der Waals surface area contributed by atoms with Crippen LogP contribution >= 0.6 is 0 Å². The van der Waals surface area contributed by atoms with Gasteiger partial charge in [0.1, 0.15) is 0 Å². The van der Waals surface area contributed by atoms with Gasteiger partial charge in [-0.3, -0.25) is 4.79 Å². The van der Waals surface area contributed by atoms with Gasteiger partial charge in [-0.05, 0) is 37.3 Å². The molecule has 2 aromatic rings. The molecule has 3 rings (SSSR count). The fourth-order valence-electron chi connectivity index (χ4n) is 3.19. The van der Waals surface area contributed by atoms with E-state index in [2.05, 4.69) is 37.0 Å². The Morgan fingerprint density at radius 1 is 1.21 bits per heavy atom. The van der Waals surface area contributed by atoms with Crippen molar-refractivity contribution in [2.75, 3.05) is 0 Å². The van der Waals surface area contributed by atoms with E-state index in [-0.39, 0.29) is 5.92 Å². The highest BCUT2D eigenvalue weighted by atomic mass is 16.1. The summed E-state index contributed by atoms with van der Waals surface area (Å²) in [6, 6.07) is 6.25. The Morgan fingerprint density at radius 3 is 2.68 bits per heavy atom. The first-order chi connectivity index (χ1) is 9.15. The Labute approximate surface area is 114 Å². The number of rotatable bonds is 2. The van der Waals surface area contributed by atoms with Crippen molar-refractivity contribution in [3.05, 3.63) is 35.5 Å². The molecule has 0 radical (unpaired) electrons. The average molecular weight is 255 g/mol. The lowest BCUT2D eigenvalue weighted by atomic mass is 9.79. The smallest absolute Gasteiger partial charge is 0.168 e. The van der Waals surface area contributed by atoms with Crippen molar-refractivity contribution in [1.82, 2.24) is 4.98 Å². The summed E-state index contributed by atoms with van der Waals surface area (Å²) >= 11 is 0. The van der Waals surface area contributed by atoms with Crippen molar-refractivity contribution in [2.45, 2.75) is 39.5 Å². The van der Waals surface area contributed by atoms with Crippen LogP contribution in [0, 0.1) is 18.8 Å². The Hall–Kier alpha value is -1.57. The summed E-state index contributed by atoms with van der Waals surface area (Å²) in [7, 11) is 0. The number of aryl methyl sites for hydroxylation is 1. The van der Waals surface area contributed by atoms with Gasteiger partial charge in [0.25, 0.3) is 0 Å². The molecule has 1 saturated carbocycles. The lowest BCUT2D eigenvalue weighted by Gasteiger charge is -2.24. The summed E-state index contributed by atoms with van der Waals surface area (Å²) in [4.78, 5) is 15.9. The van der Waals surface area contributed by atoms with E-state index < -0.39 is 0 Å². The predicted octanol–water partition coefficient (Wildman–Crippen LogP) is 4.49. The van der Waals surface area contributed by atoms with Crippen LogP contribution in [-0.4, -0.2) is 10.8 Å². The molecule has 0 aliphatic heterocycles. The van der Waals surface area contributed by atoms with E-state index in [1.165, 1.54) is 18.4 Å². The fraction of sp³-hybridized carbons (Fsp3) is 0.471. The number of fused-ring (bicyclic) bond motifs is 1. The van der Waals surface area contributed by atoms with Crippen LogP contribution in [-0.2, 0) is 0 Å². The Bertz CT molecular complexity index is 603. The second kappa shape index (κ2) is 4.84. The van der Waals surface area contributed by atoms with Gasteiger partial charge in [0.05, 0.1) is 0 Å². The van der Waals surface area contributed by atoms with Gasteiger partial charge < -0.3 is 4.98 Å². The second-order valence-electron chi connectivity index (χ2n) is 6.07. The number of ketones is 1. The van der Waals surface area contributed by atoms with Crippen molar-refractivity contribution in [3.63, 3.8) is 0 Å². The summed E-state index contributed by atoms with van der Waals surface area (Å²) < 4.78 is 0. The van der Waals surface area contributed by atoms with Crippen molar-refractivity contribution in [3.8, 4) is 0 Å². The lowest BCUT2D eigenvalue weighted by molar-refractivity contribution is 0.0877. The topological polar surface area (TPSA) is 32.9 Å². The minimum atomic E-state index is 0.233. The Kier molecular flexibility index (Phi) is 3.17. The van der Waals surface area contributed by atoms with E-state index in [4.69, 9.17) is 0 Å². The number of nitrogens with one attached hydrogen (secondary N) is 1. The second-order valence-corrected chi connectivity index (χ2v) is 6.07. The van der Waals surface area contributed by atoms with Gasteiger partial charge in [-0.15, -0.1) is 0 Å². The molecule has 1 aromatic carbocycles. The molecular formula is C17H21NO. The molecule has 1 N–H and O–H groups in total. The highest BCUT2D eigenvalue weighted by Crippen LogP contribution is 2.32. The van der Waals surface area contributed by atoms with Crippen LogP contribution in [0.1, 0.15) is 48.5 Å². The van der Waals surface area contributed by atoms with E-state index in [0.717, 1.165) is 35.2 Å². The van der Waals surface area contributed by atoms with Crippen LogP contribution in [0.25, 0.3) is 10.9 Å². The van der Waals surface area contributed by atoms with Gasteiger partial charge in [-0.1, -0.05) is 31.9 Å². The zero-order valence-corrected chi connectivity index (χ0v) is 11.7. The lowest BCUT2D eigenvalue weighted by Crippen LogP contribution is -2.20. The molecule has 19 heavy (non-hydrogen) atoms. The summed E-state index contributed by atoms with van der Waals surface area (Å²) in [5.41, 5.74) is 3.18. The number of carbonyl (C=O) groups is 1. The standard InChI is InChI=1S/C17H21NO/c1-11-3-6-13(7-4-11)17(19)15-10-18-16-9-12(2)5-8-14(15)16/h5,8-11,13,18H,3-4,6-7H2,1-2H3. The molecule has 1 aromatic heterocycles. The SMILES string of the molecule is Cc1ccc2c(C(=O)C3CCC(C)CC3)c[nH]c2c1. The summed E-state index contributed by atoms with van der Waals surface area (Å²) in [5.74, 6) is 1.35. The molecule has 0 amide bonds. The van der Waals surface area contributed by atoms with E-state index in [9.17, 15) is 4.79 Å². The average Bonchev–Trinajstić information content (AvgIpc) is 2.81. The number of aromatic amines is 1. The third kappa shape index (κ3) is 2.32. The van der Waals surface area contributed by atoms with Gasteiger partial charge in [0, 0.05) is 28.6 Å². The van der Waals surface area contributed by atoms with Crippen molar-refractivity contribution < 1.29 is 4.79 Å².